The van der Waals surface area contributed by atoms with Gasteiger partial charge in [-0.05, 0) is 37.1 Å². The molecular formula is C12H13ClF3NO2. The van der Waals surface area contributed by atoms with Gasteiger partial charge in [-0.2, -0.15) is 13.2 Å². The molecule has 3 nitrogen and oxygen atoms in total. The Hall–Kier alpha value is -1.43. The van der Waals surface area contributed by atoms with Crippen molar-refractivity contribution in [2.75, 3.05) is 17.8 Å². The average Bonchev–Trinajstić information content (AvgIpc) is 2.34. The summed E-state index contributed by atoms with van der Waals surface area (Å²) in [7, 11) is 0. The number of hydrogen-bond donors (Lipinski definition) is 1. The van der Waals surface area contributed by atoms with E-state index >= 15 is 0 Å². The van der Waals surface area contributed by atoms with Crippen LogP contribution in [-0.4, -0.2) is 18.6 Å². The number of carbonyl (C=O) groups is 1. The van der Waals surface area contributed by atoms with Crippen LogP contribution < -0.4 is 5.32 Å². The van der Waals surface area contributed by atoms with Gasteiger partial charge in [0.05, 0.1) is 12.2 Å². The lowest BCUT2D eigenvalue weighted by Crippen LogP contribution is -2.14. The number of halogens is 4. The molecule has 0 spiro atoms. The van der Waals surface area contributed by atoms with Crippen LogP contribution >= 0.6 is 11.6 Å². The number of amides is 1. The number of nitrogens with one attached hydrogen (secondary N) is 1. The van der Waals surface area contributed by atoms with Gasteiger partial charge in [-0.1, -0.05) is 0 Å². The van der Waals surface area contributed by atoms with Crippen molar-refractivity contribution in [3.63, 3.8) is 0 Å². The minimum atomic E-state index is -4.39. The van der Waals surface area contributed by atoms with Crippen LogP contribution in [0.5, 0.6) is 0 Å². The summed E-state index contributed by atoms with van der Waals surface area (Å²) in [6.45, 7) is 0.221. The zero-order valence-corrected chi connectivity index (χ0v) is 10.7. The average molecular weight is 296 g/mol. The van der Waals surface area contributed by atoms with Gasteiger partial charge in [0.15, 0.2) is 0 Å². The molecule has 19 heavy (non-hydrogen) atoms. The summed E-state index contributed by atoms with van der Waals surface area (Å²) in [4.78, 5) is 11.3. The van der Waals surface area contributed by atoms with E-state index in [1.54, 1.807) is 0 Å². The third kappa shape index (κ3) is 5.83. The van der Waals surface area contributed by atoms with Crippen LogP contribution in [-0.2, 0) is 10.9 Å². The molecule has 0 heterocycles. The fourth-order valence-corrected chi connectivity index (χ4v) is 1.45. The number of ether oxygens (including phenoxy) is 1. The summed E-state index contributed by atoms with van der Waals surface area (Å²) in [6, 6.07) is 4.12. The summed E-state index contributed by atoms with van der Waals surface area (Å²) < 4.78 is 41.7. The van der Waals surface area contributed by atoms with Crippen LogP contribution in [0.3, 0.4) is 0 Å². The molecule has 0 aliphatic rings. The zero-order chi connectivity index (χ0) is 14.3. The lowest BCUT2D eigenvalue weighted by atomic mass is 10.2. The lowest BCUT2D eigenvalue weighted by Gasteiger charge is -2.09. The van der Waals surface area contributed by atoms with Gasteiger partial charge in [-0.15, -0.1) is 11.6 Å². The van der Waals surface area contributed by atoms with E-state index in [9.17, 15) is 18.0 Å². The van der Waals surface area contributed by atoms with Gasteiger partial charge in [0, 0.05) is 11.6 Å². The fourth-order valence-electron chi connectivity index (χ4n) is 1.26. The minimum absolute atomic E-state index is 0.221. The Morgan fingerprint density at radius 3 is 2.37 bits per heavy atom. The van der Waals surface area contributed by atoms with Gasteiger partial charge in [0.2, 0.25) is 0 Å². The summed E-state index contributed by atoms with van der Waals surface area (Å²) in [6.07, 6.45) is -3.71. The number of alkyl halides is 4. The van der Waals surface area contributed by atoms with E-state index in [4.69, 9.17) is 16.3 Å². The Labute approximate surface area is 113 Å². The highest BCUT2D eigenvalue weighted by Gasteiger charge is 2.29. The van der Waals surface area contributed by atoms with E-state index in [0.29, 0.717) is 12.3 Å². The maximum absolute atomic E-state index is 12.3. The second-order valence-corrected chi connectivity index (χ2v) is 4.11. The molecule has 0 radical (unpaired) electrons. The molecule has 1 amide bonds. The van der Waals surface area contributed by atoms with E-state index in [1.165, 1.54) is 12.1 Å². The first-order chi connectivity index (χ1) is 8.93. The molecule has 7 heteroatoms. The summed E-state index contributed by atoms with van der Waals surface area (Å²) in [5.41, 5.74) is -0.524. The smallest absolute Gasteiger partial charge is 0.416 e. The number of anilines is 1. The second kappa shape index (κ2) is 7.23. The van der Waals surface area contributed by atoms with E-state index in [-0.39, 0.29) is 12.3 Å². The van der Waals surface area contributed by atoms with Crippen molar-refractivity contribution >= 4 is 23.4 Å². The molecule has 0 aromatic heterocycles. The van der Waals surface area contributed by atoms with Crippen molar-refractivity contribution in [3.8, 4) is 0 Å². The van der Waals surface area contributed by atoms with Crippen molar-refractivity contribution < 1.29 is 22.7 Å². The number of unbranched alkanes of at least 4 members (excludes halogenated alkanes) is 1. The normalized spacial score (nSPS) is 11.2. The molecule has 1 rings (SSSR count). The molecule has 1 aromatic rings. The van der Waals surface area contributed by atoms with Crippen LogP contribution in [0.2, 0.25) is 0 Å². The van der Waals surface area contributed by atoms with Crippen molar-refractivity contribution in [1.29, 1.82) is 0 Å². The number of carbonyl (C=O) groups excluding carboxylic acids is 1. The summed E-state index contributed by atoms with van der Waals surface area (Å²) >= 11 is 5.45. The van der Waals surface area contributed by atoms with Crippen molar-refractivity contribution in [2.45, 2.75) is 19.0 Å². The number of hydrogen-bond acceptors (Lipinski definition) is 2. The predicted molar refractivity (Wildman–Crippen MR) is 66.4 cm³/mol. The molecule has 0 aliphatic carbocycles. The van der Waals surface area contributed by atoms with Crippen LogP contribution in [0.15, 0.2) is 24.3 Å². The first-order valence-corrected chi connectivity index (χ1v) is 6.14. The predicted octanol–water partition coefficient (Wildman–Crippen LogP) is 4.27. The summed E-state index contributed by atoms with van der Waals surface area (Å²) in [5, 5.41) is 2.34. The fraction of sp³-hybridized carbons (Fsp3) is 0.417. The highest BCUT2D eigenvalue weighted by molar-refractivity contribution is 6.17. The van der Waals surface area contributed by atoms with Gasteiger partial charge in [-0.3, -0.25) is 5.32 Å². The lowest BCUT2D eigenvalue weighted by molar-refractivity contribution is -0.137. The van der Waals surface area contributed by atoms with E-state index in [0.717, 1.165) is 18.6 Å². The molecule has 0 bridgehead atoms. The van der Waals surface area contributed by atoms with Gasteiger partial charge >= 0.3 is 12.3 Å². The highest BCUT2D eigenvalue weighted by Crippen LogP contribution is 2.29. The summed E-state index contributed by atoms with van der Waals surface area (Å²) in [5.74, 6) is 0.490. The Bertz CT molecular complexity index is 406. The van der Waals surface area contributed by atoms with Gasteiger partial charge in [-0.25, -0.2) is 4.79 Å². The Balaban J connectivity index is 2.43. The van der Waals surface area contributed by atoms with E-state index in [1.807, 2.05) is 0 Å². The van der Waals surface area contributed by atoms with E-state index in [2.05, 4.69) is 5.32 Å². The topological polar surface area (TPSA) is 38.3 Å². The molecule has 0 unspecified atom stereocenters. The molecule has 0 atom stereocenters. The van der Waals surface area contributed by atoms with Gasteiger partial charge in [0.25, 0.3) is 0 Å². The molecule has 1 N–H and O–H groups in total. The van der Waals surface area contributed by atoms with Crippen LogP contribution in [0, 0.1) is 0 Å². The molecule has 0 aliphatic heterocycles. The SMILES string of the molecule is O=C(Nc1ccc(C(F)(F)F)cc1)OCCCCCl. The van der Waals surface area contributed by atoms with Gasteiger partial charge < -0.3 is 4.74 Å². The quantitative estimate of drug-likeness (QED) is 0.650. The Morgan fingerprint density at radius 1 is 1.21 bits per heavy atom. The van der Waals surface area contributed by atoms with Crippen molar-refractivity contribution in [1.82, 2.24) is 0 Å². The number of rotatable bonds is 5. The highest BCUT2D eigenvalue weighted by atomic mass is 35.5. The molecule has 0 saturated carbocycles. The van der Waals surface area contributed by atoms with Crippen LogP contribution in [0.1, 0.15) is 18.4 Å². The standard InChI is InChI=1S/C12H13ClF3NO2/c13-7-1-2-8-19-11(18)17-10-5-3-9(4-6-10)12(14,15)16/h3-6H,1-2,7-8H2,(H,17,18). The first kappa shape index (κ1) is 15.6. The third-order valence-corrected chi connectivity index (χ3v) is 2.49. The molecule has 0 fully saturated rings. The molecule has 106 valence electrons. The monoisotopic (exact) mass is 295 g/mol. The molecule has 1 aromatic carbocycles. The second-order valence-electron chi connectivity index (χ2n) is 3.73. The van der Waals surface area contributed by atoms with E-state index < -0.39 is 17.8 Å². The third-order valence-electron chi connectivity index (χ3n) is 2.22. The van der Waals surface area contributed by atoms with Gasteiger partial charge in [0.1, 0.15) is 0 Å². The largest absolute Gasteiger partial charge is 0.449 e. The van der Waals surface area contributed by atoms with Crippen LogP contribution in [0.4, 0.5) is 23.7 Å². The van der Waals surface area contributed by atoms with Crippen molar-refractivity contribution in [2.24, 2.45) is 0 Å². The maximum atomic E-state index is 12.3. The zero-order valence-electron chi connectivity index (χ0n) is 9.97. The van der Waals surface area contributed by atoms with Crippen LogP contribution in [0.25, 0.3) is 0 Å². The molecular weight excluding hydrogens is 283 g/mol. The minimum Gasteiger partial charge on any atom is -0.449 e. The molecule has 0 saturated heterocycles. The van der Waals surface area contributed by atoms with Crippen molar-refractivity contribution in [3.05, 3.63) is 29.8 Å². The number of benzene rings is 1. The Morgan fingerprint density at radius 2 is 1.84 bits per heavy atom. The first-order valence-electron chi connectivity index (χ1n) is 5.60. The maximum Gasteiger partial charge on any atom is 0.416 e. The Kier molecular flexibility index (Phi) is 5.95.